The van der Waals surface area contributed by atoms with E-state index >= 15 is 0 Å². The van der Waals surface area contributed by atoms with Gasteiger partial charge < -0.3 is 5.73 Å². The first-order chi connectivity index (χ1) is 6.68. The van der Waals surface area contributed by atoms with Gasteiger partial charge in [-0.3, -0.25) is 0 Å². The van der Waals surface area contributed by atoms with E-state index in [1.165, 1.54) is 11.0 Å². The van der Waals surface area contributed by atoms with Crippen molar-refractivity contribution in [1.29, 1.82) is 0 Å². The van der Waals surface area contributed by atoms with Crippen molar-refractivity contribution in [1.82, 2.24) is 15.0 Å². The zero-order valence-corrected chi connectivity index (χ0v) is 7.61. The zero-order chi connectivity index (χ0) is 10.1. The molecule has 0 aliphatic carbocycles. The molecule has 2 aromatic rings. The first kappa shape index (κ1) is 8.68. The van der Waals surface area contributed by atoms with E-state index in [1.54, 1.807) is 25.1 Å². The third kappa shape index (κ3) is 1.32. The molecule has 0 unspecified atom stereocenters. The predicted molar refractivity (Wildman–Crippen MR) is 50.5 cm³/mol. The maximum absolute atomic E-state index is 13.6. The standard InChI is InChI=1S/C9H9FN4/c1-6-3-2-4-7(9(6)10)14-12-5-8(11)13-14/h2-5H,1H3,(H2,11,13). The molecule has 0 bridgehead atoms. The Morgan fingerprint density at radius 3 is 2.86 bits per heavy atom. The molecule has 0 aliphatic rings. The molecule has 1 aromatic carbocycles. The van der Waals surface area contributed by atoms with Crippen LogP contribution in [0.5, 0.6) is 0 Å². The summed E-state index contributed by atoms with van der Waals surface area (Å²) in [6.45, 7) is 1.69. The van der Waals surface area contributed by atoms with Gasteiger partial charge in [-0.2, -0.15) is 5.10 Å². The minimum atomic E-state index is -0.330. The molecular formula is C9H9FN4. The number of rotatable bonds is 1. The van der Waals surface area contributed by atoms with Crippen molar-refractivity contribution in [2.24, 2.45) is 0 Å². The molecule has 0 saturated carbocycles. The fourth-order valence-electron chi connectivity index (χ4n) is 1.18. The number of halogens is 1. The fraction of sp³-hybridized carbons (Fsp3) is 0.111. The summed E-state index contributed by atoms with van der Waals surface area (Å²) in [7, 11) is 0. The van der Waals surface area contributed by atoms with Crippen LogP contribution in [-0.2, 0) is 0 Å². The maximum atomic E-state index is 13.6. The average molecular weight is 192 g/mol. The van der Waals surface area contributed by atoms with Gasteiger partial charge in [0.15, 0.2) is 11.6 Å². The number of nitrogens with zero attached hydrogens (tertiary/aromatic N) is 3. The van der Waals surface area contributed by atoms with Crippen LogP contribution in [0.4, 0.5) is 10.2 Å². The Labute approximate surface area is 80.2 Å². The van der Waals surface area contributed by atoms with E-state index in [1.807, 2.05) is 0 Å². The lowest BCUT2D eigenvalue weighted by Crippen LogP contribution is -2.03. The lowest BCUT2D eigenvalue weighted by Gasteiger charge is -2.02. The summed E-state index contributed by atoms with van der Waals surface area (Å²) < 4.78 is 13.6. The van der Waals surface area contributed by atoms with Gasteiger partial charge in [0, 0.05) is 0 Å². The summed E-state index contributed by atoms with van der Waals surface area (Å²) in [5.74, 6) is -0.0611. The van der Waals surface area contributed by atoms with Gasteiger partial charge in [0.2, 0.25) is 0 Å². The summed E-state index contributed by atoms with van der Waals surface area (Å²) >= 11 is 0. The highest BCUT2D eigenvalue weighted by atomic mass is 19.1. The summed E-state index contributed by atoms with van der Waals surface area (Å²) in [5, 5.41) is 7.65. The Morgan fingerprint density at radius 2 is 2.21 bits per heavy atom. The molecule has 0 amide bonds. The van der Waals surface area contributed by atoms with E-state index in [2.05, 4.69) is 10.2 Å². The highest BCUT2D eigenvalue weighted by Gasteiger charge is 2.08. The molecule has 0 atom stereocenters. The van der Waals surface area contributed by atoms with Crippen LogP contribution in [0, 0.1) is 12.7 Å². The van der Waals surface area contributed by atoms with E-state index in [9.17, 15) is 4.39 Å². The highest BCUT2D eigenvalue weighted by molar-refractivity contribution is 5.36. The minimum Gasteiger partial charge on any atom is -0.381 e. The van der Waals surface area contributed by atoms with Crippen LogP contribution in [-0.4, -0.2) is 15.0 Å². The van der Waals surface area contributed by atoms with Crippen LogP contribution in [0.2, 0.25) is 0 Å². The fourth-order valence-corrected chi connectivity index (χ4v) is 1.18. The van der Waals surface area contributed by atoms with Gasteiger partial charge >= 0.3 is 0 Å². The number of nitrogens with two attached hydrogens (primary N) is 1. The molecule has 2 rings (SSSR count). The van der Waals surface area contributed by atoms with Crippen LogP contribution >= 0.6 is 0 Å². The third-order valence-corrected chi connectivity index (χ3v) is 1.90. The number of hydrogen-bond donors (Lipinski definition) is 1. The normalized spacial score (nSPS) is 10.4. The number of aromatic nitrogens is 3. The van der Waals surface area contributed by atoms with E-state index < -0.39 is 0 Å². The summed E-state index contributed by atoms with van der Waals surface area (Å²) in [5.41, 5.74) is 6.25. The minimum absolute atomic E-state index is 0.269. The Hall–Kier alpha value is -1.91. The van der Waals surface area contributed by atoms with Crippen molar-refractivity contribution < 1.29 is 4.39 Å². The highest BCUT2D eigenvalue weighted by Crippen LogP contribution is 2.14. The van der Waals surface area contributed by atoms with E-state index in [0.29, 0.717) is 11.3 Å². The monoisotopic (exact) mass is 192 g/mol. The second-order valence-electron chi connectivity index (χ2n) is 2.97. The zero-order valence-electron chi connectivity index (χ0n) is 7.61. The Balaban J connectivity index is 2.57. The number of hydrogen-bond acceptors (Lipinski definition) is 3. The van der Waals surface area contributed by atoms with Crippen LogP contribution in [0.1, 0.15) is 5.56 Å². The van der Waals surface area contributed by atoms with Crippen LogP contribution in [0.3, 0.4) is 0 Å². The van der Waals surface area contributed by atoms with Gasteiger partial charge in [0.25, 0.3) is 0 Å². The topological polar surface area (TPSA) is 56.7 Å². The molecule has 0 fully saturated rings. The molecule has 14 heavy (non-hydrogen) atoms. The summed E-state index contributed by atoms with van der Waals surface area (Å²) in [6.07, 6.45) is 1.38. The smallest absolute Gasteiger partial charge is 0.166 e. The molecule has 72 valence electrons. The number of aryl methyl sites for hydroxylation is 1. The second-order valence-corrected chi connectivity index (χ2v) is 2.97. The first-order valence-electron chi connectivity index (χ1n) is 4.12. The van der Waals surface area contributed by atoms with Crippen molar-refractivity contribution in [3.8, 4) is 5.69 Å². The SMILES string of the molecule is Cc1cccc(-n2ncc(N)n2)c1F. The van der Waals surface area contributed by atoms with Gasteiger partial charge in [-0.05, 0) is 18.6 Å². The number of anilines is 1. The quantitative estimate of drug-likeness (QED) is 0.740. The van der Waals surface area contributed by atoms with Crippen molar-refractivity contribution >= 4 is 5.82 Å². The molecule has 0 radical (unpaired) electrons. The Morgan fingerprint density at radius 1 is 1.43 bits per heavy atom. The molecule has 5 heteroatoms. The number of nitrogen functional groups attached to an aromatic ring is 1. The molecule has 1 heterocycles. The molecule has 0 aliphatic heterocycles. The van der Waals surface area contributed by atoms with Crippen LogP contribution in [0.15, 0.2) is 24.4 Å². The van der Waals surface area contributed by atoms with E-state index in [4.69, 9.17) is 5.73 Å². The van der Waals surface area contributed by atoms with Crippen molar-refractivity contribution in [3.05, 3.63) is 35.8 Å². The maximum Gasteiger partial charge on any atom is 0.166 e. The van der Waals surface area contributed by atoms with Crippen molar-refractivity contribution in [2.75, 3.05) is 5.73 Å². The van der Waals surface area contributed by atoms with Crippen molar-refractivity contribution in [3.63, 3.8) is 0 Å². The summed E-state index contributed by atoms with van der Waals surface area (Å²) in [4.78, 5) is 1.18. The lowest BCUT2D eigenvalue weighted by atomic mass is 10.2. The van der Waals surface area contributed by atoms with Gasteiger partial charge in [-0.1, -0.05) is 12.1 Å². The largest absolute Gasteiger partial charge is 0.381 e. The van der Waals surface area contributed by atoms with Gasteiger partial charge in [-0.25, -0.2) is 4.39 Å². The molecule has 1 aromatic heterocycles. The van der Waals surface area contributed by atoms with E-state index in [0.717, 1.165) is 0 Å². The van der Waals surface area contributed by atoms with Gasteiger partial charge in [-0.15, -0.1) is 9.90 Å². The average Bonchev–Trinajstić information content (AvgIpc) is 2.57. The molecular weight excluding hydrogens is 183 g/mol. The van der Waals surface area contributed by atoms with Crippen molar-refractivity contribution in [2.45, 2.75) is 6.92 Å². The predicted octanol–water partition coefficient (Wildman–Crippen LogP) is 1.30. The second kappa shape index (κ2) is 3.10. The van der Waals surface area contributed by atoms with Gasteiger partial charge in [0.1, 0.15) is 5.69 Å². The van der Waals surface area contributed by atoms with Crippen LogP contribution < -0.4 is 5.73 Å². The number of benzene rings is 1. The lowest BCUT2D eigenvalue weighted by molar-refractivity contribution is 0.589. The Kier molecular flexibility index (Phi) is 1.92. The van der Waals surface area contributed by atoms with Crippen LogP contribution in [0.25, 0.3) is 5.69 Å². The molecule has 0 saturated heterocycles. The van der Waals surface area contributed by atoms with E-state index in [-0.39, 0.29) is 11.6 Å². The first-order valence-corrected chi connectivity index (χ1v) is 4.12. The third-order valence-electron chi connectivity index (χ3n) is 1.90. The summed E-state index contributed by atoms with van der Waals surface area (Å²) in [6, 6.07) is 5.03. The molecule has 2 N–H and O–H groups in total. The Bertz CT molecular complexity index is 464. The molecule has 4 nitrogen and oxygen atoms in total. The molecule has 0 spiro atoms. The van der Waals surface area contributed by atoms with Gasteiger partial charge in [0.05, 0.1) is 6.20 Å².